The van der Waals surface area contributed by atoms with Crippen LogP contribution in [0.1, 0.15) is 92.9 Å². The van der Waals surface area contributed by atoms with Gasteiger partial charge in [0.25, 0.3) is 0 Å². The van der Waals surface area contributed by atoms with Gasteiger partial charge in [0.1, 0.15) is 5.60 Å². The van der Waals surface area contributed by atoms with E-state index in [1.807, 2.05) is 0 Å². The molecule has 0 aromatic rings. The van der Waals surface area contributed by atoms with Crippen molar-refractivity contribution >= 4 is 5.97 Å². The Balaban J connectivity index is 1.84. The molecule has 3 atom stereocenters. The topological polar surface area (TPSA) is 46.5 Å². The molecule has 144 valence electrons. The molecule has 0 aliphatic heterocycles. The number of ether oxygens (including phenoxy) is 1. The summed E-state index contributed by atoms with van der Waals surface area (Å²) in [5, 5.41) is 10.9. The maximum Gasteiger partial charge on any atom is 0.312 e. The fourth-order valence-electron chi connectivity index (χ4n) is 6.40. The van der Waals surface area contributed by atoms with Crippen molar-refractivity contribution in [2.24, 2.45) is 28.6 Å². The Bertz CT molecular complexity index is 521. The molecule has 0 saturated heterocycles. The molecule has 1 N–H and O–H groups in total. The second kappa shape index (κ2) is 5.97. The van der Waals surface area contributed by atoms with Gasteiger partial charge in [0, 0.05) is 6.42 Å². The lowest BCUT2D eigenvalue weighted by Crippen LogP contribution is -2.61. The molecule has 0 amide bonds. The monoisotopic (exact) mass is 350 g/mol. The van der Waals surface area contributed by atoms with Crippen LogP contribution in [0.3, 0.4) is 0 Å². The van der Waals surface area contributed by atoms with Crippen molar-refractivity contribution in [1.82, 2.24) is 0 Å². The summed E-state index contributed by atoms with van der Waals surface area (Å²) in [5.74, 6) is 1.49. The zero-order valence-electron chi connectivity index (χ0n) is 17.2. The highest BCUT2D eigenvalue weighted by Gasteiger charge is 2.60. The predicted octanol–water partition coefficient (Wildman–Crippen LogP) is 5.10. The molecule has 25 heavy (non-hydrogen) atoms. The quantitative estimate of drug-likeness (QED) is 0.678. The van der Waals surface area contributed by atoms with E-state index in [2.05, 4.69) is 41.5 Å². The molecule has 0 spiro atoms. The highest BCUT2D eigenvalue weighted by atomic mass is 16.6. The number of aliphatic hydroxyl groups is 1. The molecular weight excluding hydrogens is 312 g/mol. The molecule has 4 aliphatic rings. The highest BCUT2D eigenvalue weighted by molar-refractivity contribution is 5.78. The van der Waals surface area contributed by atoms with Gasteiger partial charge in [0.05, 0.1) is 11.0 Å². The van der Waals surface area contributed by atoms with Crippen LogP contribution in [0, 0.1) is 28.6 Å². The zero-order valence-corrected chi connectivity index (χ0v) is 17.2. The van der Waals surface area contributed by atoms with Gasteiger partial charge in [0.2, 0.25) is 0 Å². The third kappa shape index (κ3) is 3.26. The second-order valence-corrected chi connectivity index (χ2v) is 10.9. The number of carbonyl (C=O) groups is 1. The molecule has 4 rings (SSSR count). The van der Waals surface area contributed by atoms with E-state index in [1.54, 1.807) is 0 Å². The zero-order chi connectivity index (χ0) is 18.7. The average Bonchev–Trinajstić information content (AvgIpc) is 2.42. The van der Waals surface area contributed by atoms with Gasteiger partial charge in [-0.3, -0.25) is 4.79 Å². The maximum atomic E-state index is 13.5. The molecule has 3 unspecified atom stereocenters. The summed E-state index contributed by atoms with van der Waals surface area (Å²) in [7, 11) is 0. The number of rotatable bonds is 6. The van der Waals surface area contributed by atoms with E-state index >= 15 is 0 Å². The maximum absolute atomic E-state index is 13.5. The Kier molecular flexibility index (Phi) is 4.59. The number of esters is 1. The van der Waals surface area contributed by atoms with Crippen LogP contribution >= 0.6 is 0 Å². The van der Waals surface area contributed by atoms with E-state index in [-0.39, 0.29) is 11.4 Å². The molecule has 0 radical (unpaired) electrons. The summed E-state index contributed by atoms with van der Waals surface area (Å²) in [6.45, 7) is 13.0. The standard InChI is InChI=1S/C22H38O3/c1-7-19(4,5)20(6,9-15(2)3)18(23)25-22-12-16-8-17(13-22)11-21(24,10-16)14-22/h15-17,24H,7-14H2,1-6H3. The van der Waals surface area contributed by atoms with Gasteiger partial charge in [-0.25, -0.2) is 0 Å². The Morgan fingerprint density at radius 2 is 1.72 bits per heavy atom. The predicted molar refractivity (Wildman–Crippen MR) is 100 cm³/mol. The number of hydrogen-bond acceptors (Lipinski definition) is 3. The van der Waals surface area contributed by atoms with Gasteiger partial charge in [-0.2, -0.15) is 0 Å². The minimum absolute atomic E-state index is 0.0291. The molecule has 3 heteroatoms. The van der Waals surface area contributed by atoms with E-state index in [9.17, 15) is 9.90 Å². The first-order valence-corrected chi connectivity index (χ1v) is 10.4. The molecule has 4 saturated carbocycles. The average molecular weight is 351 g/mol. The van der Waals surface area contributed by atoms with E-state index in [0.29, 0.717) is 24.2 Å². The lowest BCUT2D eigenvalue weighted by Gasteiger charge is -2.60. The number of hydrogen-bond donors (Lipinski definition) is 1. The molecule has 4 bridgehead atoms. The Morgan fingerprint density at radius 3 is 2.16 bits per heavy atom. The van der Waals surface area contributed by atoms with Crippen molar-refractivity contribution in [3.8, 4) is 0 Å². The third-order valence-electron chi connectivity index (χ3n) is 7.93. The largest absolute Gasteiger partial charge is 0.459 e. The first kappa shape index (κ1) is 19.2. The van der Waals surface area contributed by atoms with Gasteiger partial charge in [-0.1, -0.05) is 34.6 Å². The summed E-state index contributed by atoms with van der Waals surface area (Å²) in [6, 6.07) is 0. The first-order valence-electron chi connectivity index (χ1n) is 10.4. The van der Waals surface area contributed by atoms with E-state index in [1.165, 1.54) is 6.42 Å². The fraction of sp³-hybridized carbons (Fsp3) is 0.955. The van der Waals surface area contributed by atoms with Crippen molar-refractivity contribution in [2.45, 2.75) is 104 Å². The van der Waals surface area contributed by atoms with Crippen LogP contribution in [0.2, 0.25) is 0 Å². The van der Waals surface area contributed by atoms with Gasteiger partial charge in [0.15, 0.2) is 0 Å². The molecular formula is C22H38O3. The van der Waals surface area contributed by atoms with Gasteiger partial charge < -0.3 is 9.84 Å². The Labute approximate surface area is 153 Å². The molecule has 0 aromatic heterocycles. The van der Waals surface area contributed by atoms with Crippen molar-refractivity contribution in [3.63, 3.8) is 0 Å². The van der Waals surface area contributed by atoms with Gasteiger partial charge in [-0.15, -0.1) is 0 Å². The van der Waals surface area contributed by atoms with Crippen molar-refractivity contribution in [3.05, 3.63) is 0 Å². The van der Waals surface area contributed by atoms with Gasteiger partial charge >= 0.3 is 5.97 Å². The van der Waals surface area contributed by atoms with Crippen molar-refractivity contribution < 1.29 is 14.6 Å². The lowest BCUT2D eigenvalue weighted by atomic mass is 9.52. The molecule has 0 aromatic carbocycles. The molecule has 3 nitrogen and oxygen atoms in total. The second-order valence-electron chi connectivity index (χ2n) is 10.9. The van der Waals surface area contributed by atoms with E-state index in [4.69, 9.17) is 4.74 Å². The van der Waals surface area contributed by atoms with Crippen LogP contribution in [0.4, 0.5) is 0 Å². The van der Waals surface area contributed by atoms with Crippen molar-refractivity contribution in [2.75, 3.05) is 0 Å². The minimum Gasteiger partial charge on any atom is -0.459 e. The number of carbonyl (C=O) groups excluding carboxylic acids is 1. The SMILES string of the molecule is CCC(C)(C)C(C)(CC(C)C)C(=O)OC12CC3CC(CC(O)(C3)C1)C2. The molecule has 4 aliphatic carbocycles. The smallest absolute Gasteiger partial charge is 0.312 e. The normalized spacial score (nSPS) is 39.5. The van der Waals surface area contributed by atoms with Crippen LogP contribution in [-0.4, -0.2) is 22.3 Å². The Morgan fingerprint density at radius 1 is 1.16 bits per heavy atom. The van der Waals surface area contributed by atoms with E-state index in [0.717, 1.165) is 38.5 Å². The third-order valence-corrected chi connectivity index (χ3v) is 7.93. The summed E-state index contributed by atoms with van der Waals surface area (Å²) in [4.78, 5) is 13.5. The fourth-order valence-corrected chi connectivity index (χ4v) is 6.40. The van der Waals surface area contributed by atoms with Crippen LogP contribution in [0.15, 0.2) is 0 Å². The minimum atomic E-state index is -0.584. The lowest BCUT2D eigenvalue weighted by molar-refractivity contribution is -0.230. The van der Waals surface area contributed by atoms with Crippen LogP contribution < -0.4 is 0 Å². The summed E-state index contributed by atoms with van der Waals surface area (Å²) < 4.78 is 6.37. The highest BCUT2D eigenvalue weighted by Crippen LogP contribution is 2.60. The Hall–Kier alpha value is -0.570. The van der Waals surface area contributed by atoms with E-state index < -0.39 is 16.6 Å². The van der Waals surface area contributed by atoms with Gasteiger partial charge in [-0.05, 0) is 75.0 Å². The molecule has 4 fully saturated rings. The van der Waals surface area contributed by atoms with Crippen LogP contribution in [0.25, 0.3) is 0 Å². The van der Waals surface area contributed by atoms with Crippen LogP contribution in [0.5, 0.6) is 0 Å². The first-order chi connectivity index (χ1) is 11.4. The summed E-state index contributed by atoms with van der Waals surface area (Å²) in [5.41, 5.74) is -1.58. The summed E-state index contributed by atoms with van der Waals surface area (Å²) in [6.07, 6.45) is 7.41. The van der Waals surface area contributed by atoms with Crippen molar-refractivity contribution in [1.29, 1.82) is 0 Å². The van der Waals surface area contributed by atoms with Crippen LogP contribution in [-0.2, 0) is 9.53 Å². The summed E-state index contributed by atoms with van der Waals surface area (Å²) >= 11 is 0. The molecule has 0 heterocycles.